The van der Waals surface area contributed by atoms with Crippen molar-refractivity contribution in [2.24, 2.45) is 17.6 Å². The van der Waals surface area contributed by atoms with Crippen LogP contribution in [0.25, 0.3) is 0 Å². The monoisotopic (exact) mass is 238 g/mol. The fourth-order valence-electron chi connectivity index (χ4n) is 3.40. The zero-order valence-corrected chi connectivity index (χ0v) is 11.0. The third kappa shape index (κ3) is 2.82. The number of carbonyl (C=O) groups is 1. The van der Waals surface area contributed by atoms with Crippen LogP contribution in [0.2, 0.25) is 0 Å². The van der Waals surface area contributed by atoms with Crippen LogP contribution in [-0.4, -0.2) is 29.9 Å². The molecule has 1 amide bonds. The number of carbonyl (C=O) groups excluding carboxylic acids is 1. The van der Waals surface area contributed by atoms with E-state index in [-0.39, 0.29) is 5.92 Å². The summed E-state index contributed by atoms with van der Waals surface area (Å²) in [4.78, 5) is 14.6. The van der Waals surface area contributed by atoms with Gasteiger partial charge in [-0.15, -0.1) is 0 Å². The summed E-state index contributed by atoms with van der Waals surface area (Å²) >= 11 is 0. The third-order valence-corrected chi connectivity index (χ3v) is 4.61. The van der Waals surface area contributed by atoms with Crippen molar-refractivity contribution in [1.29, 1.82) is 0 Å². The molecule has 98 valence electrons. The highest BCUT2D eigenvalue weighted by atomic mass is 16.2. The summed E-state index contributed by atoms with van der Waals surface area (Å²) in [6.45, 7) is 3.77. The molecule has 2 atom stereocenters. The van der Waals surface area contributed by atoms with E-state index in [1.807, 2.05) is 0 Å². The van der Waals surface area contributed by atoms with Crippen molar-refractivity contribution in [3.05, 3.63) is 0 Å². The van der Waals surface area contributed by atoms with Gasteiger partial charge in [-0.25, -0.2) is 0 Å². The van der Waals surface area contributed by atoms with Gasteiger partial charge < -0.3 is 10.6 Å². The highest BCUT2D eigenvalue weighted by Gasteiger charge is 2.36. The molecule has 0 radical (unpaired) electrons. The fraction of sp³-hybridized carbons (Fsp3) is 0.929. The highest BCUT2D eigenvalue weighted by molar-refractivity contribution is 5.79. The Bertz CT molecular complexity index is 259. The summed E-state index contributed by atoms with van der Waals surface area (Å²) in [6, 6.07) is 0.297. The van der Waals surface area contributed by atoms with Crippen molar-refractivity contribution < 1.29 is 4.79 Å². The van der Waals surface area contributed by atoms with Crippen molar-refractivity contribution in [3.8, 4) is 0 Å². The maximum atomic E-state index is 12.5. The molecule has 1 aliphatic heterocycles. The van der Waals surface area contributed by atoms with Crippen LogP contribution in [0.5, 0.6) is 0 Å². The molecule has 2 fully saturated rings. The summed E-state index contributed by atoms with van der Waals surface area (Å²) in [5, 5.41) is 0. The summed E-state index contributed by atoms with van der Waals surface area (Å²) in [7, 11) is 0. The molecule has 0 spiro atoms. The molecule has 2 N–H and O–H groups in total. The van der Waals surface area contributed by atoms with Gasteiger partial charge in [-0.2, -0.15) is 0 Å². The van der Waals surface area contributed by atoms with Gasteiger partial charge >= 0.3 is 0 Å². The zero-order valence-electron chi connectivity index (χ0n) is 11.0. The van der Waals surface area contributed by atoms with Gasteiger partial charge in [0.1, 0.15) is 0 Å². The topological polar surface area (TPSA) is 46.3 Å². The number of rotatable bonds is 2. The van der Waals surface area contributed by atoms with Crippen LogP contribution in [0, 0.1) is 11.8 Å². The number of hydrogen-bond donors (Lipinski definition) is 1. The van der Waals surface area contributed by atoms with E-state index in [0.717, 1.165) is 25.8 Å². The molecule has 2 rings (SSSR count). The lowest BCUT2D eigenvalue weighted by molar-refractivity contribution is -0.137. The Hall–Kier alpha value is -0.570. The molecule has 17 heavy (non-hydrogen) atoms. The van der Waals surface area contributed by atoms with Gasteiger partial charge in [0.05, 0.1) is 0 Å². The van der Waals surface area contributed by atoms with Crippen molar-refractivity contribution >= 4 is 5.91 Å². The first-order valence-electron chi connectivity index (χ1n) is 7.24. The van der Waals surface area contributed by atoms with E-state index in [1.165, 1.54) is 25.7 Å². The van der Waals surface area contributed by atoms with Gasteiger partial charge in [-0.1, -0.05) is 32.6 Å². The smallest absolute Gasteiger partial charge is 0.225 e. The van der Waals surface area contributed by atoms with Crippen LogP contribution in [0.4, 0.5) is 0 Å². The minimum atomic E-state index is 0.289. The van der Waals surface area contributed by atoms with Crippen LogP contribution in [0.3, 0.4) is 0 Å². The summed E-state index contributed by atoms with van der Waals surface area (Å²) < 4.78 is 0. The molecular weight excluding hydrogens is 212 g/mol. The number of amides is 1. The van der Waals surface area contributed by atoms with Crippen molar-refractivity contribution in [1.82, 2.24) is 4.90 Å². The Labute approximate surface area is 105 Å². The van der Waals surface area contributed by atoms with Gasteiger partial charge in [0.2, 0.25) is 5.91 Å². The number of nitrogens with zero attached hydrogens (tertiary/aromatic N) is 1. The predicted molar refractivity (Wildman–Crippen MR) is 69.5 cm³/mol. The molecule has 1 heterocycles. The Morgan fingerprint density at radius 2 is 1.82 bits per heavy atom. The molecule has 0 bridgehead atoms. The van der Waals surface area contributed by atoms with E-state index >= 15 is 0 Å². The molecule has 2 unspecified atom stereocenters. The molecule has 2 aliphatic rings. The Morgan fingerprint density at radius 1 is 1.18 bits per heavy atom. The maximum absolute atomic E-state index is 12.5. The van der Waals surface area contributed by atoms with Gasteiger partial charge in [0.15, 0.2) is 0 Å². The Kier molecular flexibility index (Phi) is 4.43. The standard InChI is InChI=1S/C14H26N2O/c1-11-8-9-16(13(11)10-15)14(17)12-6-4-2-3-5-7-12/h11-13H,2-10,15H2,1H3. The molecule has 1 saturated carbocycles. The lowest BCUT2D eigenvalue weighted by atomic mass is 9.97. The normalized spacial score (nSPS) is 31.5. The largest absolute Gasteiger partial charge is 0.338 e. The third-order valence-electron chi connectivity index (χ3n) is 4.61. The Morgan fingerprint density at radius 3 is 2.41 bits per heavy atom. The van der Waals surface area contributed by atoms with E-state index in [2.05, 4.69) is 11.8 Å². The molecule has 0 aromatic heterocycles. The van der Waals surface area contributed by atoms with E-state index < -0.39 is 0 Å². The van der Waals surface area contributed by atoms with Gasteiger partial charge in [-0.05, 0) is 25.2 Å². The second-order valence-electron chi connectivity index (χ2n) is 5.79. The zero-order chi connectivity index (χ0) is 12.3. The second-order valence-corrected chi connectivity index (χ2v) is 5.79. The van der Waals surface area contributed by atoms with Crippen LogP contribution in [-0.2, 0) is 4.79 Å². The van der Waals surface area contributed by atoms with E-state index in [0.29, 0.717) is 24.4 Å². The number of nitrogens with two attached hydrogens (primary N) is 1. The van der Waals surface area contributed by atoms with Gasteiger partial charge in [-0.3, -0.25) is 4.79 Å². The fourth-order valence-corrected chi connectivity index (χ4v) is 3.40. The average Bonchev–Trinajstić information content (AvgIpc) is 2.56. The molecule has 3 nitrogen and oxygen atoms in total. The SMILES string of the molecule is CC1CCN(C(=O)C2CCCCCC2)C1CN. The first kappa shape index (κ1) is 12.9. The quantitative estimate of drug-likeness (QED) is 0.749. The van der Waals surface area contributed by atoms with Crippen LogP contribution < -0.4 is 5.73 Å². The molecule has 0 aromatic rings. The minimum Gasteiger partial charge on any atom is -0.338 e. The first-order valence-corrected chi connectivity index (χ1v) is 7.24. The predicted octanol–water partition coefficient (Wildman–Crippen LogP) is 2.15. The van der Waals surface area contributed by atoms with E-state index in [9.17, 15) is 4.79 Å². The van der Waals surface area contributed by atoms with Gasteiger partial charge in [0.25, 0.3) is 0 Å². The van der Waals surface area contributed by atoms with Crippen LogP contribution >= 0.6 is 0 Å². The van der Waals surface area contributed by atoms with Crippen molar-refractivity contribution in [3.63, 3.8) is 0 Å². The summed E-state index contributed by atoms with van der Waals surface area (Å²) in [5.74, 6) is 1.26. The lowest BCUT2D eigenvalue weighted by Crippen LogP contribution is -2.44. The average molecular weight is 238 g/mol. The van der Waals surface area contributed by atoms with Crippen LogP contribution in [0.15, 0.2) is 0 Å². The maximum Gasteiger partial charge on any atom is 0.225 e. The number of likely N-dealkylation sites (tertiary alicyclic amines) is 1. The van der Waals surface area contributed by atoms with Gasteiger partial charge in [0, 0.05) is 25.0 Å². The highest BCUT2D eigenvalue weighted by Crippen LogP contribution is 2.29. The van der Waals surface area contributed by atoms with Crippen molar-refractivity contribution in [2.75, 3.05) is 13.1 Å². The number of hydrogen-bond acceptors (Lipinski definition) is 2. The lowest BCUT2D eigenvalue weighted by Gasteiger charge is -2.29. The first-order chi connectivity index (χ1) is 8.24. The molecular formula is C14H26N2O. The molecule has 1 aliphatic carbocycles. The van der Waals surface area contributed by atoms with Crippen molar-refractivity contribution in [2.45, 2.75) is 57.9 Å². The minimum absolute atomic E-state index is 0.289. The molecule has 3 heteroatoms. The molecule has 0 aromatic carbocycles. The Balaban J connectivity index is 1.98. The van der Waals surface area contributed by atoms with E-state index in [1.54, 1.807) is 0 Å². The summed E-state index contributed by atoms with van der Waals surface area (Å²) in [5.41, 5.74) is 5.82. The molecule has 1 saturated heterocycles. The van der Waals surface area contributed by atoms with E-state index in [4.69, 9.17) is 5.73 Å². The van der Waals surface area contributed by atoms with Crippen LogP contribution in [0.1, 0.15) is 51.9 Å². The second kappa shape index (κ2) is 5.85. The summed E-state index contributed by atoms with van der Waals surface area (Å²) in [6.07, 6.45) is 8.39.